The number of aliphatic hydroxyl groups excluding tert-OH is 1. The molecule has 0 saturated heterocycles. The van der Waals surface area contributed by atoms with Crippen molar-refractivity contribution in [1.29, 1.82) is 0 Å². The van der Waals surface area contributed by atoms with Crippen LogP contribution in [0.1, 0.15) is 13.3 Å². The van der Waals surface area contributed by atoms with Crippen LogP contribution in [-0.2, 0) is 0 Å². The van der Waals surface area contributed by atoms with Crippen molar-refractivity contribution in [2.24, 2.45) is 0 Å². The Labute approximate surface area is 48.3 Å². The van der Waals surface area contributed by atoms with Gasteiger partial charge in [-0.15, -0.1) is 0 Å². The van der Waals surface area contributed by atoms with Crippen LogP contribution in [-0.4, -0.2) is 22.8 Å². The van der Waals surface area contributed by atoms with Gasteiger partial charge in [-0.2, -0.15) is 0 Å². The predicted molar refractivity (Wildman–Crippen MR) is 37.3 cm³/mol. The Balaban J connectivity index is 2.78. The van der Waals surface area contributed by atoms with Crippen LogP contribution in [0.25, 0.3) is 0 Å². The minimum absolute atomic E-state index is 0.224. The van der Waals surface area contributed by atoms with E-state index in [2.05, 4.69) is 6.92 Å². The molecule has 1 nitrogen and oxygen atoms in total. The lowest BCUT2D eigenvalue weighted by Gasteiger charge is -1.81. The van der Waals surface area contributed by atoms with Crippen molar-refractivity contribution < 1.29 is 5.11 Å². The number of rotatable bonds is 3. The Morgan fingerprint density at radius 2 is 2.43 bits per heavy atom. The third-order valence-electron chi connectivity index (χ3n) is 0.563. The first-order valence-electron chi connectivity index (χ1n) is 2.51. The van der Waals surface area contributed by atoms with E-state index in [1.54, 1.807) is 0 Å². The molecule has 0 heterocycles. The van der Waals surface area contributed by atoms with Crippen molar-refractivity contribution in [3.8, 4) is 0 Å². The van der Waals surface area contributed by atoms with Gasteiger partial charge in [-0.25, -0.2) is 11.4 Å². The van der Waals surface area contributed by atoms with E-state index in [9.17, 15) is 0 Å². The molecule has 0 saturated carbocycles. The van der Waals surface area contributed by atoms with Gasteiger partial charge in [-0.3, -0.25) is 0 Å². The topological polar surface area (TPSA) is 20.2 Å². The molecule has 2 heteroatoms. The number of aliphatic hydroxyl groups is 1. The third-order valence-corrected chi connectivity index (χ3v) is 1.69. The first kappa shape index (κ1) is 7.18. The maximum atomic E-state index is 8.23. The summed E-state index contributed by atoms with van der Waals surface area (Å²) in [4.78, 5) is 0. The molecule has 0 aliphatic heterocycles. The summed E-state index contributed by atoms with van der Waals surface area (Å²) in [5.41, 5.74) is 0. The SMILES string of the molecule is CCC[SH]=CCO. The van der Waals surface area contributed by atoms with E-state index >= 15 is 0 Å². The van der Waals surface area contributed by atoms with Crippen LogP contribution in [0.2, 0.25) is 0 Å². The number of thiol groups is 1. The molecule has 0 atom stereocenters. The second-order valence-electron chi connectivity index (χ2n) is 1.27. The van der Waals surface area contributed by atoms with Crippen LogP contribution in [0.4, 0.5) is 0 Å². The lowest BCUT2D eigenvalue weighted by molar-refractivity contribution is 0.363. The van der Waals surface area contributed by atoms with Crippen molar-refractivity contribution >= 4 is 16.7 Å². The highest BCUT2D eigenvalue weighted by atomic mass is 32.1. The fourth-order valence-electron chi connectivity index (χ4n) is 0.278. The lowest BCUT2D eigenvalue weighted by Crippen LogP contribution is -1.78. The van der Waals surface area contributed by atoms with Crippen LogP contribution in [0.5, 0.6) is 0 Å². The van der Waals surface area contributed by atoms with E-state index < -0.39 is 0 Å². The highest BCUT2D eigenvalue weighted by molar-refractivity contribution is 7.97. The first-order chi connectivity index (χ1) is 3.41. The van der Waals surface area contributed by atoms with E-state index in [1.165, 1.54) is 23.5 Å². The third kappa shape index (κ3) is 6.18. The van der Waals surface area contributed by atoms with Gasteiger partial charge in [0.25, 0.3) is 0 Å². The van der Waals surface area contributed by atoms with Crippen molar-refractivity contribution in [3.63, 3.8) is 0 Å². The molecule has 0 aromatic carbocycles. The molecule has 0 aliphatic carbocycles. The molecule has 7 heavy (non-hydrogen) atoms. The number of hydrogen-bond acceptors (Lipinski definition) is 1. The van der Waals surface area contributed by atoms with Gasteiger partial charge < -0.3 is 5.11 Å². The predicted octanol–water partition coefficient (Wildman–Crippen LogP) is 0.656. The van der Waals surface area contributed by atoms with Crippen molar-refractivity contribution in [2.75, 3.05) is 12.4 Å². The summed E-state index contributed by atoms with van der Waals surface area (Å²) in [6.45, 7) is 2.36. The van der Waals surface area contributed by atoms with E-state index in [1.807, 2.05) is 5.37 Å². The second kappa shape index (κ2) is 6.18. The zero-order chi connectivity index (χ0) is 5.54. The van der Waals surface area contributed by atoms with Gasteiger partial charge in [0.2, 0.25) is 0 Å². The summed E-state index contributed by atoms with van der Waals surface area (Å²) >= 11 is 1.27. The van der Waals surface area contributed by atoms with Gasteiger partial charge in [0, 0.05) is 0 Å². The Morgan fingerprint density at radius 3 is 2.86 bits per heavy atom. The zero-order valence-electron chi connectivity index (χ0n) is 4.59. The monoisotopic (exact) mass is 120 g/mol. The normalized spacial score (nSPS) is 11.7. The average molecular weight is 120 g/mol. The quantitative estimate of drug-likeness (QED) is 0.414. The second-order valence-corrected chi connectivity index (χ2v) is 2.45. The lowest BCUT2D eigenvalue weighted by atomic mass is 10.6. The fraction of sp³-hybridized carbons (Fsp3) is 0.800. The largest absolute Gasteiger partial charge is 0.392 e. The van der Waals surface area contributed by atoms with Crippen LogP contribution < -0.4 is 0 Å². The molecular weight excluding hydrogens is 108 g/mol. The Hall–Kier alpha value is 0.180. The standard InChI is InChI=1S/C5H12OS/c1-2-4-7-5-3-6/h5-7H,2-4H2,1H3. The smallest absolute Gasteiger partial charge is 0.0663 e. The van der Waals surface area contributed by atoms with Crippen LogP contribution in [0.15, 0.2) is 0 Å². The summed E-state index contributed by atoms with van der Waals surface area (Å²) in [7, 11) is 0. The number of hydrogen-bond donors (Lipinski definition) is 2. The molecule has 0 fully saturated rings. The zero-order valence-corrected chi connectivity index (χ0v) is 5.49. The average Bonchev–Trinajstić information content (AvgIpc) is 1.69. The Morgan fingerprint density at radius 1 is 1.71 bits per heavy atom. The molecule has 44 valence electrons. The first-order valence-corrected chi connectivity index (χ1v) is 3.65. The van der Waals surface area contributed by atoms with Crippen LogP contribution in [0, 0.1) is 0 Å². The minimum atomic E-state index is 0.224. The van der Waals surface area contributed by atoms with E-state index in [-0.39, 0.29) is 6.61 Å². The maximum absolute atomic E-state index is 8.23. The summed E-state index contributed by atoms with van der Waals surface area (Å²) in [5.74, 6) is 1.18. The van der Waals surface area contributed by atoms with Crippen molar-refractivity contribution in [1.82, 2.24) is 0 Å². The summed E-state index contributed by atoms with van der Waals surface area (Å²) in [5, 5.41) is 10.1. The van der Waals surface area contributed by atoms with E-state index in [0.717, 1.165) is 0 Å². The van der Waals surface area contributed by atoms with Crippen molar-refractivity contribution in [2.45, 2.75) is 13.3 Å². The van der Waals surface area contributed by atoms with Gasteiger partial charge in [0.1, 0.15) is 0 Å². The highest BCUT2D eigenvalue weighted by Gasteiger charge is 1.67. The fourth-order valence-corrected chi connectivity index (χ4v) is 0.834. The van der Waals surface area contributed by atoms with Gasteiger partial charge >= 0.3 is 0 Å². The summed E-state index contributed by atoms with van der Waals surface area (Å²) < 4.78 is 0. The molecule has 0 radical (unpaired) electrons. The molecular formula is C5H12OS. The highest BCUT2D eigenvalue weighted by Crippen LogP contribution is 1.85. The minimum Gasteiger partial charge on any atom is -0.392 e. The van der Waals surface area contributed by atoms with Crippen molar-refractivity contribution in [3.05, 3.63) is 0 Å². The van der Waals surface area contributed by atoms with E-state index in [4.69, 9.17) is 5.11 Å². The Kier molecular flexibility index (Phi) is 6.34. The molecule has 0 aliphatic rings. The van der Waals surface area contributed by atoms with Gasteiger partial charge in [0.15, 0.2) is 0 Å². The van der Waals surface area contributed by atoms with Crippen LogP contribution >= 0.6 is 11.4 Å². The summed E-state index contributed by atoms with van der Waals surface area (Å²) in [6, 6.07) is 0. The molecule has 0 amide bonds. The molecule has 0 aromatic rings. The maximum Gasteiger partial charge on any atom is 0.0663 e. The molecule has 0 aromatic heterocycles. The molecule has 0 unspecified atom stereocenters. The molecule has 1 N–H and O–H groups in total. The van der Waals surface area contributed by atoms with E-state index in [0.29, 0.717) is 0 Å². The van der Waals surface area contributed by atoms with Crippen LogP contribution in [0.3, 0.4) is 0 Å². The van der Waals surface area contributed by atoms with Gasteiger partial charge in [-0.1, -0.05) is 6.92 Å². The molecule has 0 bridgehead atoms. The summed E-state index contributed by atoms with van der Waals surface area (Å²) in [6.07, 6.45) is 1.21. The molecule has 0 spiro atoms. The van der Waals surface area contributed by atoms with Gasteiger partial charge in [0.05, 0.1) is 6.61 Å². The molecule has 0 rings (SSSR count). The Bertz CT molecular complexity index is 52.0. The van der Waals surface area contributed by atoms with Gasteiger partial charge in [-0.05, 0) is 17.5 Å².